The summed E-state index contributed by atoms with van der Waals surface area (Å²) in [5, 5.41) is 18.5. The highest BCUT2D eigenvalue weighted by Crippen LogP contribution is 2.29. The predicted molar refractivity (Wildman–Crippen MR) is 65.2 cm³/mol. The van der Waals surface area contributed by atoms with Crippen LogP contribution in [0.1, 0.15) is 18.9 Å². The summed E-state index contributed by atoms with van der Waals surface area (Å²) in [6.07, 6.45) is -1.88. The Labute approximate surface area is 118 Å². The fourth-order valence-corrected chi connectivity index (χ4v) is 2.17. The molecule has 118 valence electrons. The first-order valence-corrected chi connectivity index (χ1v) is 6.45. The summed E-state index contributed by atoms with van der Waals surface area (Å²) in [6.45, 7) is -0.0213. The molecule has 1 aromatic rings. The fourth-order valence-electron chi connectivity index (χ4n) is 2.17. The minimum absolute atomic E-state index is 0.0266. The molecule has 10 heteroatoms. The van der Waals surface area contributed by atoms with Gasteiger partial charge in [0, 0.05) is 13.1 Å². The fraction of sp³-hybridized carbons (Fsp3) is 0.727. The summed E-state index contributed by atoms with van der Waals surface area (Å²) in [5.74, 6) is -0.816. The molecule has 1 fully saturated rings. The molecule has 2 rings (SSSR count). The molecule has 1 amide bonds. The van der Waals surface area contributed by atoms with E-state index in [9.17, 15) is 23.1 Å². The highest BCUT2D eigenvalue weighted by atomic mass is 19.4. The maximum absolute atomic E-state index is 13.0. The number of hydrogen-bond acceptors (Lipinski definition) is 5. The number of aliphatic hydroxyl groups is 1. The molecule has 2 atom stereocenters. The van der Waals surface area contributed by atoms with Crippen LogP contribution >= 0.6 is 0 Å². The van der Waals surface area contributed by atoms with Crippen LogP contribution in [0.2, 0.25) is 0 Å². The third kappa shape index (κ3) is 3.70. The van der Waals surface area contributed by atoms with E-state index < -0.39 is 30.3 Å². The van der Waals surface area contributed by atoms with Crippen LogP contribution in [0.4, 0.5) is 13.2 Å². The molecule has 0 aliphatic carbocycles. The number of alkyl halides is 3. The van der Waals surface area contributed by atoms with Gasteiger partial charge in [-0.3, -0.25) is 4.79 Å². The Bertz CT molecular complexity index is 471. The quantitative estimate of drug-likeness (QED) is 0.705. The maximum atomic E-state index is 13.0. The van der Waals surface area contributed by atoms with Crippen LogP contribution < -0.4 is 10.6 Å². The van der Waals surface area contributed by atoms with Crippen LogP contribution in [0.3, 0.4) is 0 Å². The number of nitrogens with zero attached hydrogens (tertiary/aromatic N) is 3. The molecule has 3 N–H and O–H groups in total. The molecule has 1 saturated heterocycles. The van der Waals surface area contributed by atoms with Crippen LogP contribution in [0, 0.1) is 0 Å². The van der Waals surface area contributed by atoms with E-state index in [1.54, 1.807) is 0 Å². The molecule has 1 aliphatic heterocycles. The van der Waals surface area contributed by atoms with Crippen molar-refractivity contribution in [3.05, 3.63) is 12.7 Å². The smallest absolute Gasteiger partial charge is 0.379 e. The average molecular weight is 307 g/mol. The highest BCUT2D eigenvalue weighted by molar-refractivity contribution is 5.85. The van der Waals surface area contributed by atoms with Crippen LogP contribution in [0.15, 0.2) is 12.7 Å². The Morgan fingerprint density at radius 3 is 2.86 bits per heavy atom. The summed E-state index contributed by atoms with van der Waals surface area (Å²) < 4.78 is 39.5. The summed E-state index contributed by atoms with van der Waals surface area (Å²) in [7, 11) is 0. The molecule has 0 aromatic carbocycles. The van der Waals surface area contributed by atoms with E-state index in [0.29, 0.717) is 17.6 Å². The van der Waals surface area contributed by atoms with Crippen molar-refractivity contribution in [3.8, 4) is 0 Å². The van der Waals surface area contributed by atoms with E-state index in [1.165, 1.54) is 0 Å². The summed E-state index contributed by atoms with van der Waals surface area (Å²) in [4.78, 5) is 15.4. The second-order valence-electron chi connectivity index (χ2n) is 4.95. The lowest BCUT2D eigenvalue weighted by atomic mass is 9.93. The lowest BCUT2D eigenvalue weighted by Crippen LogP contribution is -2.57. The minimum Gasteiger partial charge on any atom is -0.379 e. The maximum Gasteiger partial charge on any atom is 0.412 e. The monoisotopic (exact) mass is 307 g/mol. The summed E-state index contributed by atoms with van der Waals surface area (Å²) >= 11 is 0. The summed E-state index contributed by atoms with van der Waals surface area (Å²) in [6, 6.07) is -2.02. The number of piperidine rings is 1. The van der Waals surface area contributed by atoms with Gasteiger partial charge in [0.1, 0.15) is 12.7 Å². The van der Waals surface area contributed by atoms with Gasteiger partial charge in [-0.2, -0.15) is 18.3 Å². The molecular weight excluding hydrogens is 291 g/mol. The third-order valence-corrected chi connectivity index (χ3v) is 3.37. The molecule has 7 nitrogen and oxygen atoms in total. The Morgan fingerprint density at radius 1 is 1.57 bits per heavy atom. The molecule has 2 heterocycles. The number of amides is 1. The zero-order valence-corrected chi connectivity index (χ0v) is 11.1. The Balaban J connectivity index is 2.00. The van der Waals surface area contributed by atoms with Crippen molar-refractivity contribution >= 4 is 5.91 Å². The second kappa shape index (κ2) is 5.98. The average Bonchev–Trinajstić information content (AvgIpc) is 2.92. The number of β-amino-alcohol motifs (C(OH)–C–C–N with tert-alkyl or cyclic N) is 1. The van der Waals surface area contributed by atoms with Gasteiger partial charge >= 0.3 is 6.18 Å². The van der Waals surface area contributed by atoms with Crippen LogP contribution in [-0.2, 0) is 4.79 Å². The van der Waals surface area contributed by atoms with Gasteiger partial charge in [-0.15, -0.1) is 0 Å². The molecule has 0 spiro atoms. The SMILES string of the molecule is O=C(NCC(n1cncn1)C(F)(F)F)C1(O)CCCNC1. The number of halogens is 3. The number of carbonyl (C=O) groups excluding carboxylic acids is 1. The van der Waals surface area contributed by atoms with E-state index in [2.05, 4.69) is 20.7 Å². The minimum atomic E-state index is -4.59. The first-order chi connectivity index (χ1) is 9.83. The Hall–Kier alpha value is -1.68. The van der Waals surface area contributed by atoms with Crippen molar-refractivity contribution in [2.75, 3.05) is 19.6 Å². The zero-order valence-electron chi connectivity index (χ0n) is 11.1. The zero-order chi connectivity index (χ0) is 15.5. The van der Waals surface area contributed by atoms with Crippen molar-refractivity contribution in [2.24, 2.45) is 0 Å². The first kappa shape index (κ1) is 15.7. The molecular formula is C11H16F3N5O2. The van der Waals surface area contributed by atoms with E-state index in [0.717, 1.165) is 12.7 Å². The van der Waals surface area contributed by atoms with Crippen molar-refractivity contribution < 1.29 is 23.1 Å². The number of carbonyl (C=O) groups is 1. The standard InChI is InChI=1S/C11H16F3N5O2/c12-11(13,14)8(19-7-16-6-18-19)4-17-9(20)10(21)2-1-3-15-5-10/h6-8,15,21H,1-5H2,(H,17,20). The van der Waals surface area contributed by atoms with Crippen LogP contribution in [0.5, 0.6) is 0 Å². The van der Waals surface area contributed by atoms with Gasteiger partial charge in [0.25, 0.3) is 5.91 Å². The number of rotatable bonds is 4. The van der Waals surface area contributed by atoms with E-state index in [4.69, 9.17) is 0 Å². The molecule has 21 heavy (non-hydrogen) atoms. The largest absolute Gasteiger partial charge is 0.412 e. The van der Waals surface area contributed by atoms with Gasteiger partial charge in [0.2, 0.25) is 0 Å². The van der Waals surface area contributed by atoms with Crippen molar-refractivity contribution in [1.29, 1.82) is 0 Å². The van der Waals surface area contributed by atoms with Crippen LogP contribution in [0.25, 0.3) is 0 Å². The van der Waals surface area contributed by atoms with Gasteiger partial charge in [-0.05, 0) is 19.4 Å². The van der Waals surface area contributed by atoms with Gasteiger partial charge < -0.3 is 15.7 Å². The molecule has 1 aromatic heterocycles. The predicted octanol–water partition coefficient (Wildman–Crippen LogP) is -0.388. The van der Waals surface area contributed by atoms with Gasteiger partial charge in [-0.1, -0.05) is 0 Å². The van der Waals surface area contributed by atoms with E-state index in [1.807, 2.05) is 0 Å². The lowest BCUT2D eigenvalue weighted by molar-refractivity contribution is -0.171. The Morgan fingerprint density at radius 2 is 2.33 bits per heavy atom. The highest BCUT2D eigenvalue weighted by Gasteiger charge is 2.43. The Kier molecular flexibility index (Phi) is 4.47. The number of hydrogen-bond donors (Lipinski definition) is 3. The molecule has 1 aliphatic rings. The van der Waals surface area contributed by atoms with Crippen LogP contribution in [-0.4, -0.2) is 57.2 Å². The molecule has 0 radical (unpaired) electrons. The first-order valence-electron chi connectivity index (χ1n) is 6.45. The normalized spacial score (nSPS) is 24.6. The van der Waals surface area contributed by atoms with Crippen molar-refractivity contribution in [2.45, 2.75) is 30.7 Å². The lowest BCUT2D eigenvalue weighted by Gasteiger charge is -2.32. The van der Waals surface area contributed by atoms with Gasteiger partial charge in [0.05, 0.1) is 0 Å². The van der Waals surface area contributed by atoms with E-state index >= 15 is 0 Å². The van der Waals surface area contributed by atoms with Gasteiger partial charge in [-0.25, -0.2) is 9.67 Å². The third-order valence-electron chi connectivity index (χ3n) is 3.37. The van der Waals surface area contributed by atoms with Gasteiger partial charge in [0.15, 0.2) is 11.6 Å². The summed E-state index contributed by atoms with van der Waals surface area (Å²) in [5.41, 5.74) is -1.67. The topological polar surface area (TPSA) is 92.1 Å². The van der Waals surface area contributed by atoms with E-state index in [-0.39, 0.29) is 13.0 Å². The number of nitrogens with one attached hydrogen (secondary N) is 2. The second-order valence-corrected chi connectivity index (χ2v) is 4.95. The number of aromatic nitrogens is 3. The van der Waals surface area contributed by atoms with Crippen molar-refractivity contribution in [1.82, 2.24) is 25.4 Å². The van der Waals surface area contributed by atoms with Crippen molar-refractivity contribution in [3.63, 3.8) is 0 Å². The molecule has 0 saturated carbocycles. The molecule has 2 unspecified atom stereocenters. The molecule has 0 bridgehead atoms.